The minimum atomic E-state index is -0.00988. The van der Waals surface area contributed by atoms with Crippen LogP contribution < -0.4 is 4.72 Å². The summed E-state index contributed by atoms with van der Waals surface area (Å²) >= 11 is 1.70. The average molecular weight is 741 g/mol. The molecule has 0 heterocycles. The molecule has 0 aliphatic heterocycles. The van der Waals surface area contributed by atoms with Crippen molar-refractivity contribution < 1.29 is 19.1 Å². The fraction of sp³-hybridized carbons (Fsp3) is 0.955. The Bertz CT molecular complexity index is 725. The van der Waals surface area contributed by atoms with Crippen LogP contribution in [0.25, 0.3) is 0 Å². The smallest absolute Gasteiger partial charge is 0.306 e. The van der Waals surface area contributed by atoms with Crippen molar-refractivity contribution in [3.63, 3.8) is 0 Å². The normalized spacial score (nSPS) is 12.1. The van der Waals surface area contributed by atoms with Crippen molar-refractivity contribution in [2.45, 2.75) is 232 Å². The Morgan fingerprint density at radius 2 is 0.922 bits per heavy atom. The molecule has 6 nitrogen and oxygen atoms in total. The van der Waals surface area contributed by atoms with Crippen molar-refractivity contribution >= 4 is 23.9 Å². The molecule has 0 bridgehead atoms. The lowest BCUT2D eigenvalue weighted by molar-refractivity contribution is -0.150. The molecule has 0 saturated heterocycles. The quantitative estimate of drug-likeness (QED) is 0.0380. The molecule has 0 saturated carbocycles. The third-order valence-corrected chi connectivity index (χ3v) is 10.7. The number of nitrogens with zero attached hydrogens (tertiary/aromatic N) is 1. The van der Waals surface area contributed by atoms with E-state index in [2.05, 4.69) is 36.6 Å². The highest BCUT2D eigenvalue weighted by Crippen LogP contribution is 2.18. The number of rotatable bonds is 42. The first kappa shape index (κ1) is 50.2. The Morgan fingerprint density at radius 3 is 1.41 bits per heavy atom. The van der Waals surface area contributed by atoms with Gasteiger partial charge in [0.15, 0.2) is 0 Å². The zero-order chi connectivity index (χ0) is 37.3. The summed E-state index contributed by atoms with van der Waals surface area (Å²) < 4.78 is 14.9. The van der Waals surface area contributed by atoms with Gasteiger partial charge in [0, 0.05) is 25.9 Å². The average Bonchev–Trinajstić information content (AvgIpc) is 3.12. The van der Waals surface area contributed by atoms with Crippen LogP contribution in [0.1, 0.15) is 226 Å². The summed E-state index contributed by atoms with van der Waals surface area (Å²) in [6, 6.07) is 0. The SMILES string of the molecule is CCCCCCCCCOC(=O)CCCCCCCN(CCCCCCCC(=O)OC(CCCCCCC)CCCCCCCC)CCNSC. The van der Waals surface area contributed by atoms with E-state index in [9.17, 15) is 9.59 Å². The molecule has 7 heteroatoms. The Hall–Kier alpha value is -0.790. The largest absolute Gasteiger partial charge is 0.466 e. The summed E-state index contributed by atoms with van der Waals surface area (Å²) in [4.78, 5) is 27.4. The summed E-state index contributed by atoms with van der Waals surface area (Å²) in [5, 5.41) is 0. The van der Waals surface area contributed by atoms with Gasteiger partial charge in [-0.1, -0.05) is 168 Å². The fourth-order valence-electron chi connectivity index (χ4n) is 6.86. The monoisotopic (exact) mass is 741 g/mol. The maximum Gasteiger partial charge on any atom is 0.306 e. The van der Waals surface area contributed by atoms with Gasteiger partial charge in [0.05, 0.1) is 6.61 Å². The van der Waals surface area contributed by atoms with E-state index in [-0.39, 0.29) is 18.0 Å². The van der Waals surface area contributed by atoms with Crippen LogP contribution in [0.3, 0.4) is 0 Å². The minimum Gasteiger partial charge on any atom is -0.466 e. The van der Waals surface area contributed by atoms with E-state index >= 15 is 0 Å². The van der Waals surface area contributed by atoms with Crippen molar-refractivity contribution in [3.05, 3.63) is 0 Å². The lowest BCUT2D eigenvalue weighted by Crippen LogP contribution is -2.32. The van der Waals surface area contributed by atoms with Crippen LogP contribution in [0, 0.1) is 0 Å². The second kappa shape index (κ2) is 42.0. The molecule has 304 valence electrons. The molecule has 0 radical (unpaired) electrons. The van der Waals surface area contributed by atoms with Crippen LogP contribution in [0.5, 0.6) is 0 Å². The van der Waals surface area contributed by atoms with Gasteiger partial charge < -0.3 is 14.4 Å². The Kier molecular flexibility index (Phi) is 41.3. The molecule has 0 fully saturated rings. The summed E-state index contributed by atoms with van der Waals surface area (Å²) in [6.45, 7) is 11.8. The van der Waals surface area contributed by atoms with E-state index in [4.69, 9.17) is 9.47 Å². The van der Waals surface area contributed by atoms with Crippen molar-refractivity contribution in [1.29, 1.82) is 0 Å². The number of carbonyl (C=O) groups is 2. The maximum atomic E-state index is 12.7. The van der Waals surface area contributed by atoms with Gasteiger partial charge in [-0.2, -0.15) is 0 Å². The molecule has 1 unspecified atom stereocenters. The van der Waals surface area contributed by atoms with E-state index in [1.165, 1.54) is 148 Å². The third-order valence-electron chi connectivity index (χ3n) is 10.2. The summed E-state index contributed by atoms with van der Waals surface area (Å²) in [7, 11) is 0. The highest BCUT2D eigenvalue weighted by molar-refractivity contribution is 7.96. The number of hydrogen-bond donors (Lipinski definition) is 1. The van der Waals surface area contributed by atoms with Gasteiger partial charge >= 0.3 is 11.9 Å². The molecular formula is C44H88N2O4S. The molecule has 0 aliphatic carbocycles. The number of esters is 2. The lowest BCUT2D eigenvalue weighted by Gasteiger charge is -2.22. The second-order valence-corrected chi connectivity index (χ2v) is 15.9. The van der Waals surface area contributed by atoms with E-state index < -0.39 is 0 Å². The number of unbranched alkanes of at least 4 members (excludes halogenated alkanes) is 23. The number of carbonyl (C=O) groups excluding carboxylic acids is 2. The van der Waals surface area contributed by atoms with Crippen molar-refractivity contribution in [1.82, 2.24) is 9.62 Å². The molecule has 0 aromatic rings. The summed E-state index contributed by atoms with van der Waals surface area (Å²) in [5.74, 6) is 0.0232. The van der Waals surface area contributed by atoms with Gasteiger partial charge in [0.2, 0.25) is 0 Å². The molecule has 0 spiro atoms. The standard InChI is InChI=1S/C44H88N2O4S/c1-5-8-11-14-16-25-32-41-49-43(47)35-28-21-17-23-30-38-46(40-37-45-51-4)39-31-24-18-22-29-36-44(48)50-42(33-26-19-13-10-7-3)34-27-20-15-12-9-6-2/h42,45H,5-41H2,1-4H3. The lowest BCUT2D eigenvalue weighted by atomic mass is 10.0. The van der Waals surface area contributed by atoms with Gasteiger partial charge in [-0.25, -0.2) is 0 Å². The van der Waals surface area contributed by atoms with Crippen molar-refractivity contribution in [3.8, 4) is 0 Å². The summed E-state index contributed by atoms with van der Waals surface area (Å²) in [5.41, 5.74) is 0. The molecule has 1 atom stereocenters. The van der Waals surface area contributed by atoms with Crippen LogP contribution in [-0.4, -0.2) is 62.0 Å². The maximum absolute atomic E-state index is 12.7. The Labute approximate surface area is 323 Å². The molecular weight excluding hydrogens is 653 g/mol. The van der Waals surface area contributed by atoms with E-state index in [0.29, 0.717) is 19.4 Å². The van der Waals surface area contributed by atoms with Gasteiger partial charge in [0.1, 0.15) is 6.10 Å². The van der Waals surface area contributed by atoms with Crippen LogP contribution in [0.15, 0.2) is 0 Å². The Morgan fingerprint density at radius 1 is 0.510 bits per heavy atom. The first-order chi connectivity index (χ1) is 25.1. The van der Waals surface area contributed by atoms with E-state index in [1.54, 1.807) is 11.9 Å². The van der Waals surface area contributed by atoms with Gasteiger partial charge in [-0.3, -0.25) is 14.3 Å². The van der Waals surface area contributed by atoms with Crippen molar-refractivity contribution in [2.24, 2.45) is 0 Å². The molecule has 0 aromatic carbocycles. The number of hydrogen-bond acceptors (Lipinski definition) is 7. The summed E-state index contributed by atoms with van der Waals surface area (Å²) in [6.07, 6.45) is 39.7. The number of ether oxygens (including phenoxy) is 2. The van der Waals surface area contributed by atoms with Crippen LogP contribution in [0.4, 0.5) is 0 Å². The molecule has 51 heavy (non-hydrogen) atoms. The van der Waals surface area contributed by atoms with Crippen LogP contribution in [-0.2, 0) is 19.1 Å². The van der Waals surface area contributed by atoms with Crippen LogP contribution in [0.2, 0.25) is 0 Å². The van der Waals surface area contributed by atoms with E-state index in [0.717, 1.165) is 71.1 Å². The first-order valence-electron chi connectivity index (χ1n) is 22.4. The predicted octanol–water partition coefficient (Wildman–Crippen LogP) is 13.2. The predicted molar refractivity (Wildman–Crippen MR) is 224 cm³/mol. The topological polar surface area (TPSA) is 67.9 Å². The van der Waals surface area contributed by atoms with Crippen LogP contribution >= 0.6 is 11.9 Å². The van der Waals surface area contributed by atoms with E-state index in [1.807, 2.05) is 0 Å². The zero-order valence-electron chi connectivity index (χ0n) is 34.7. The van der Waals surface area contributed by atoms with Gasteiger partial charge in [-0.15, -0.1) is 0 Å². The number of nitrogens with one attached hydrogen (secondary N) is 1. The van der Waals surface area contributed by atoms with Gasteiger partial charge in [0.25, 0.3) is 0 Å². The third kappa shape index (κ3) is 38.7. The molecule has 0 aromatic heterocycles. The van der Waals surface area contributed by atoms with Gasteiger partial charge in [-0.05, 0) is 77.1 Å². The van der Waals surface area contributed by atoms with Crippen molar-refractivity contribution in [2.75, 3.05) is 39.0 Å². The highest BCUT2D eigenvalue weighted by Gasteiger charge is 2.14. The second-order valence-electron chi connectivity index (χ2n) is 15.2. The highest BCUT2D eigenvalue weighted by atomic mass is 32.2. The molecule has 1 N–H and O–H groups in total. The molecule has 0 rings (SSSR count). The fourth-order valence-corrected chi connectivity index (χ4v) is 7.16. The first-order valence-corrected chi connectivity index (χ1v) is 23.6. The zero-order valence-corrected chi connectivity index (χ0v) is 35.5. The Balaban J connectivity index is 4.07. The molecule has 0 amide bonds. The molecule has 0 aliphatic rings. The minimum absolute atomic E-state index is 0.00988.